The Morgan fingerprint density at radius 1 is 1.55 bits per heavy atom. The van der Waals surface area contributed by atoms with Gasteiger partial charge in [-0.05, 0) is 0 Å². The number of rotatable bonds is 2. The number of alkyl halides is 2. The maximum absolute atomic E-state index is 12.1. The second kappa shape index (κ2) is 2.70. The minimum absolute atomic E-state index is 0.821. The molecule has 0 rings (SSSR count). The molecule has 11 heavy (non-hydrogen) atoms. The summed E-state index contributed by atoms with van der Waals surface area (Å²) in [4.78, 5) is 10.1. The molecule has 2 N–H and O–H groups in total. The lowest BCUT2D eigenvalue weighted by Crippen LogP contribution is -2.44. The van der Waals surface area contributed by atoms with Gasteiger partial charge in [0, 0.05) is 7.05 Å². The van der Waals surface area contributed by atoms with Crippen LogP contribution in [-0.4, -0.2) is 31.2 Å². The SMILES string of the molecule is CNC(=O)C(F)(F)S(=O)(=O)O. The van der Waals surface area contributed by atoms with E-state index in [1.165, 1.54) is 5.32 Å². The van der Waals surface area contributed by atoms with Crippen LogP contribution in [0.4, 0.5) is 8.78 Å². The Kier molecular flexibility index (Phi) is 2.51. The van der Waals surface area contributed by atoms with Crippen LogP contribution in [0.25, 0.3) is 0 Å². The van der Waals surface area contributed by atoms with Crippen molar-refractivity contribution in [2.45, 2.75) is 5.25 Å². The average molecular weight is 189 g/mol. The lowest BCUT2D eigenvalue weighted by molar-refractivity contribution is -0.135. The van der Waals surface area contributed by atoms with E-state index in [4.69, 9.17) is 4.55 Å². The molecular formula is C3H5F2NO4S. The van der Waals surface area contributed by atoms with Crippen LogP contribution in [0.5, 0.6) is 0 Å². The van der Waals surface area contributed by atoms with Crippen LogP contribution in [0.15, 0.2) is 0 Å². The standard InChI is InChI=1S/C3H5F2NO4S/c1-6-2(7)3(4,5)11(8,9)10/h1H3,(H,6,7)(H,8,9,10). The summed E-state index contributed by atoms with van der Waals surface area (Å²) < 4.78 is 51.6. The quantitative estimate of drug-likeness (QED) is 0.558. The highest BCUT2D eigenvalue weighted by atomic mass is 32.2. The Morgan fingerprint density at radius 2 is 1.91 bits per heavy atom. The first-order chi connectivity index (χ1) is 4.73. The fraction of sp³-hybridized carbons (Fsp3) is 0.667. The smallest absolute Gasteiger partial charge is 0.353 e. The Bertz CT molecular complexity index is 259. The summed E-state index contributed by atoms with van der Waals surface area (Å²) >= 11 is 0. The Hall–Kier alpha value is -0.760. The van der Waals surface area contributed by atoms with Gasteiger partial charge in [0.05, 0.1) is 0 Å². The normalized spacial score (nSPS) is 12.7. The van der Waals surface area contributed by atoms with Gasteiger partial charge in [0.1, 0.15) is 0 Å². The molecule has 0 aliphatic carbocycles. The van der Waals surface area contributed by atoms with Crippen LogP contribution in [-0.2, 0) is 14.9 Å². The number of amides is 1. The van der Waals surface area contributed by atoms with E-state index in [0.717, 1.165) is 7.05 Å². The van der Waals surface area contributed by atoms with E-state index in [1.54, 1.807) is 0 Å². The van der Waals surface area contributed by atoms with Crippen molar-refractivity contribution in [1.82, 2.24) is 5.32 Å². The maximum atomic E-state index is 12.1. The monoisotopic (exact) mass is 189 g/mol. The summed E-state index contributed by atoms with van der Waals surface area (Å²) in [6.45, 7) is 0. The van der Waals surface area contributed by atoms with Crippen molar-refractivity contribution in [3.63, 3.8) is 0 Å². The fourth-order valence-electron chi connectivity index (χ4n) is 0.263. The van der Waals surface area contributed by atoms with Crippen molar-refractivity contribution in [1.29, 1.82) is 0 Å². The predicted octanol–water partition coefficient (Wildman–Crippen LogP) is -0.787. The van der Waals surface area contributed by atoms with E-state index in [9.17, 15) is 22.0 Å². The van der Waals surface area contributed by atoms with Crippen LogP contribution in [0.2, 0.25) is 0 Å². The third-order valence-electron chi connectivity index (χ3n) is 0.815. The van der Waals surface area contributed by atoms with Gasteiger partial charge in [0.2, 0.25) is 0 Å². The number of nitrogens with one attached hydrogen (secondary N) is 1. The summed E-state index contributed by atoms with van der Waals surface area (Å²) in [7, 11) is -4.84. The third kappa shape index (κ3) is 1.84. The van der Waals surface area contributed by atoms with E-state index >= 15 is 0 Å². The zero-order valence-electron chi connectivity index (χ0n) is 5.34. The molecule has 0 radical (unpaired) electrons. The topological polar surface area (TPSA) is 83.5 Å². The molecule has 8 heteroatoms. The second-order valence-electron chi connectivity index (χ2n) is 1.57. The summed E-state index contributed by atoms with van der Waals surface area (Å²) in [5, 5.41) is -3.39. The third-order valence-corrected chi connectivity index (χ3v) is 1.65. The number of halogens is 2. The molecular weight excluding hydrogens is 184 g/mol. The number of hydrogen-bond donors (Lipinski definition) is 2. The number of carbonyl (C=O) groups is 1. The van der Waals surface area contributed by atoms with Gasteiger partial charge >= 0.3 is 21.3 Å². The highest BCUT2D eigenvalue weighted by molar-refractivity contribution is 7.87. The zero-order chi connectivity index (χ0) is 9.28. The first-order valence-electron chi connectivity index (χ1n) is 2.30. The van der Waals surface area contributed by atoms with Crippen molar-refractivity contribution < 1.29 is 26.5 Å². The summed E-state index contributed by atoms with van der Waals surface area (Å²) in [6.07, 6.45) is 0. The van der Waals surface area contributed by atoms with Crippen molar-refractivity contribution in [2.24, 2.45) is 0 Å². The Balaban J connectivity index is 4.90. The lowest BCUT2D eigenvalue weighted by Gasteiger charge is -2.09. The highest BCUT2D eigenvalue weighted by Gasteiger charge is 2.51. The fourth-order valence-corrected chi connectivity index (χ4v) is 0.599. The predicted molar refractivity (Wildman–Crippen MR) is 30.6 cm³/mol. The molecule has 0 aliphatic rings. The zero-order valence-corrected chi connectivity index (χ0v) is 6.15. The molecule has 0 aromatic carbocycles. The van der Waals surface area contributed by atoms with E-state index < -0.39 is 21.3 Å². The van der Waals surface area contributed by atoms with Gasteiger partial charge in [-0.15, -0.1) is 0 Å². The molecule has 0 spiro atoms. The van der Waals surface area contributed by atoms with Crippen molar-refractivity contribution in [2.75, 3.05) is 7.05 Å². The lowest BCUT2D eigenvalue weighted by atomic mass is 10.6. The minimum Gasteiger partial charge on any atom is -0.353 e. The molecule has 0 saturated heterocycles. The van der Waals surface area contributed by atoms with Crippen LogP contribution < -0.4 is 5.32 Å². The van der Waals surface area contributed by atoms with Crippen LogP contribution in [0, 0.1) is 0 Å². The van der Waals surface area contributed by atoms with E-state index in [0.29, 0.717) is 0 Å². The molecule has 0 saturated carbocycles. The maximum Gasteiger partial charge on any atom is 0.446 e. The largest absolute Gasteiger partial charge is 0.446 e. The van der Waals surface area contributed by atoms with Crippen molar-refractivity contribution in [3.05, 3.63) is 0 Å². The summed E-state index contributed by atoms with van der Waals surface area (Å²) in [5.41, 5.74) is 0. The van der Waals surface area contributed by atoms with Gasteiger partial charge in [-0.2, -0.15) is 17.2 Å². The first kappa shape index (κ1) is 10.2. The van der Waals surface area contributed by atoms with Gasteiger partial charge in [0.15, 0.2) is 0 Å². The van der Waals surface area contributed by atoms with E-state index in [1.807, 2.05) is 0 Å². The molecule has 1 amide bonds. The van der Waals surface area contributed by atoms with Crippen molar-refractivity contribution in [3.8, 4) is 0 Å². The number of hydrogen-bond acceptors (Lipinski definition) is 3. The molecule has 0 bridgehead atoms. The van der Waals surface area contributed by atoms with Crippen LogP contribution in [0.3, 0.4) is 0 Å². The van der Waals surface area contributed by atoms with E-state index in [2.05, 4.69) is 0 Å². The summed E-state index contributed by atoms with van der Waals surface area (Å²) in [5.74, 6) is -2.07. The van der Waals surface area contributed by atoms with Crippen LogP contribution in [0.1, 0.15) is 0 Å². The second-order valence-corrected chi connectivity index (χ2v) is 3.03. The Morgan fingerprint density at radius 3 is 2.00 bits per heavy atom. The van der Waals surface area contributed by atoms with E-state index in [-0.39, 0.29) is 0 Å². The first-order valence-corrected chi connectivity index (χ1v) is 3.74. The molecule has 0 aromatic rings. The Labute approximate surface area is 61.1 Å². The van der Waals surface area contributed by atoms with Gasteiger partial charge in [0.25, 0.3) is 0 Å². The molecule has 0 aromatic heterocycles. The summed E-state index contributed by atoms with van der Waals surface area (Å²) in [6, 6.07) is 0. The van der Waals surface area contributed by atoms with Crippen molar-refractivity contribution >= 4 is 16.0 Å². The van der Waals surface area contributed by atoms with Gasteiger partial charge in [-0.1, -0.05) is 0 Å². The molecule has 0 unspecified atom stereocenters. The minimum atomic E-state index is -5.66. The molecule has 66 valence electrons. The molecule has 0 fully saturated rings. The highest BCUT2D eigenvalue weighted by Crippen LogP contribution is 2.19. The molecule has 0 aliphatic heterocycles. The van der Waals surface area contributed by atoms with Crippen LogP contribution >= 0.6 is 0 Å². The van der Waals surface area contributed by atoms with Gasteiger partial charge in [-0.25, -0.2) is 0 Å². The molecule has 0 heterocycles. The average Bonchev–Trinajstić information content (AvgIpc) is 1.83. The van der Waals surface area contributed by atoms with Gasteiger partial charge in [-0.3, -0.25) is 9.35 Å². The van der Waals surface area contributed by atoms with Gasteiger partial charge < -0.3 is 5.32 Å². The molecule has 5 nitrogen and oxygen atoms in total. The molecule has 0 atom stereocenters. The number of carbonyl (C=O) groups excluding carboxylic acids is 1.